The summed E-state index contributed by atoms with van der Waals surface area (Å²) >= 11 is 5.78. The van der Waals surface area contributed by atoms with E-state index in [0.29, 0.717) is 17.9 Å². The van der Waals surface area contributed by atoms with Crippen molar-refractivity contribution in [1.29, 1.82) is 0 Å². The lowest BCUT2D eigenvalue weighted by Gasteiger charge is -2.16. The van der Waals surface area contributed by atoms with E-state index in [1.807, 2.05) is 6.92 Å². The predicted molar refractivity (Wildman–Crippen MR) is 71.9 cm³/mol. The summed E-state index contributed by atoms with van der Waals surface area (Å²) in [6.07, 6.45) is 1.61. The summed E-state index contributed by atoms with van der Waals surface area (Å²) in [5.41, 5.74) is 7.66. The number of halogens is 2. The summed E-state index contributed by atoms with van der Waals surface area (Å²) in [5, 5.41) is 4.25. The van der Waals surface area contributed by atoms with Crippen LogP contribution < -0.4 is 10.5 Å². The zero-order valence-corrected chi connectivity index (χ0v) is 11.5. The van der Waals surface area contributed by atoms with E-state index in [1.54, 1.807) is 24.1 Å². The molecule has 2 N–H and O–H groups in total. The normalized spacial score (nSPS) is 12.5. The molecular weight excluding hydrogens is 269 g/mol. The van der Waals surface area contributed by atoms with Crippen molar-refractivity contribution in [2.75, 3.05) is 7.11 Å². The lowest BCUT2D eigenvalue weighted by molar-refractivity contribution is 0.404. The first kappa shape index (κ1) is 13.8. The number of nitrogens with zero attached hydrogens (tertiary/aromatic N) is 2. The van der Waals surface area contributed by atoms with Crippen LogP contribution in [0.1, 0.15) is 24.2 Å². The molecule has 0 spiro atoms. The molecule has 0 fully saturated rings. The third kappa shape index (κ3) is 2.57. The molecule has 1 unspecified atom stereocenters. The summed E-state index contributed by atoms with van der Waals surface area (Å²) in [4.78, 5) is 0. The molecule has 19 heavy (non-hydrogen) atoms. The van der Waals surface area contributed by atoms with Crippen molar-refractivity contribution in [3.63, 3.8) is 0 Å². The molecule has 0 saturated heterocycles. The van der Waals surface area contributed by atoms with Gasteiger partial charge in [0.2, 0.25) is 0 Å². The summed E-state index contributed by atoms with van der Waals surface area (Å²) < 4.78 is 20.2. The van der Waals surface area contributed by atoms with Gasteiger partial charge in [-0.25, -0.2) is 4.39 Å². The van der Waals surface area contributed by atoms with E-state index in [0.717, 1.165) is 5.69 Å². The average molecular weight is 284 g/mol. The van der Waals surface area contributed by atoms with Crippen LogP contribution in [0.15, 0.2) is 24.4 Å². The van der Waals surface area contributed by atoms with E-state index in [9.17, 15) is 4.39 Å². The minimum atomic E-state index is -0.476. The highest BCUT2D eigenvalue weighted by atomic mass is 35.5. The molecule has 2 aromatic rings. The van der Waals surface area contributed by atoms with E-state index in [1.165, 1.54) is 12.1 Å². The van der Waals surface area contributed by atoms with E-state index < -0.39 is 11.9 Å². The monoisotopic (exact) mass is 283 g/mol. The van der Waals surface area contributed by atoms with Crippen LogP contribution in [0.5, 0.6) is 5.75 Å². The Labute approximate surface area is 115 Å². The number of aryl methyl sites for hydroxylation is 1. The SMILES string of the molecule is CCn1ncc(OC)c1C(N)c1ccc(F)c(Cl)c1. The van der Waals surface area contributed by atoms with Crippen LogP contribution in [0.2, 0.25) is 5.02 Å². The molecule has 0 aliphatic rings. The highest BCUT2D eigenvalue weighted by Gasteiger charge is 2.20. The maximum absolute atomic E-state index is 13.2. The van der Waals surface area contributed by atoms with Crippen LogP contribution >= 0.6 is 11.6 Å². The van der Waals surface area contributed by atoms with Crippen LogP contribution in [-0.2, 0) is 6.54 Å². The number of ether oxygens (including phenoxy) is 1. The summed E-state index contributed by atoms with van der Waals surface area (Å²) in [6.45, 7) is 2.63. The van der Waals surface area contributed by atoms with Crippen molar-refractivity contribution in [2.45, 2.75) is 19.5 Å². The Morgan fingerprint density at radius 2 is 2.26 bits per heavy atom. The average Bonchev–Trinajstić information content (AvgIpc) is 2.83. The van der Waals surface area contributed by atoms with Gasteiger partial charge in [0.1, 0.15) is 11.5 Å². The fourth-order valence-electron chi connectivity index (χ4n) is 1.96. The summed E-state index contributed by atoms with van der Waals surface area (Å²) in [7, 11) is 1.56. The van der Waals surface area contributed by atoms with E-state index in [2.05, 4.69) is 5.10 Å². The molecule has 102 valence electrons. The largest absolute Gasteiger partial charge is 0.493 e. The number of hydrogen-bond acceptors (Lipinski definition) is 3. The first-order chi connectivity index (χ1) is 9.08. The second kappa shape index (κ2) is 5.59. The van der Waals surface area contributed by atoms with Gasteiger partial charge in [0, 0.05) is 6.54 Å². The molecule has 0 aliphatic heterocycles. The molecular formula is C13H15ClFN3O. The first-order valence-electron chi connectivity index (χ1n) is 5.88. The Morgan fingerprint density at radius 3 is 2.84 bits per heavy atom. The molecule has 6 heteroatoms. The molecule has 2 rings (SSSR count). The number of methoxy groups -OCH3 is 1. The van der Waals surface area contributed by atoms with Gasteiger partial charge in [-0.15, -0.1) is 0 Å². The maximum atomic E-state index is 13.2. The highest BCUT2D eigenvalue weighted by molar-refractivity contribution is 6.30. The lowest BCUT2D eigenvalue weighted by Crippen LogP contribution is -2.18. The quantitative estimate of drug-likeness (QED) is 0.939. The lowest BCUT2D eigenvalue weighted by atomic mass is 10.0. The third-order valence-electron chi connectivity index (χ3n) is 2.96. The number of nitrogens with two attached hydrogens (primary N) is 1. The van der Waals surface area contributed by atoms with E-state index in [-0.39, 0.29) is 5.02 Å². The molecule has 0 radical (unpaired) electrons. The molecule has 0 bridgehead atoms. The number of hydrogen-bond donors (Lipinski definition) is 1. The van der Waals surface area contributed by atoms with Crippen molar-refractivity contribution in [3.05, 3.63) is 46.5 Å². The Hall–Kier alpha value is -1.59. The predicted octanol–water partition coefficient (Wildman–Crippen LogP) is 2.75. The van der Waals surface area contributed by atoms with Crippen LogP contribution in [0.4, 0.5) is 4.39 Å². The molecule has 1 heterocycles. The van der Waals surface area contributed by atoms with Crippen molar-refractivity contribution < 1.29 is 9.13 Å². The van der Waals surface area contributed by atoms with Gasteiger partial charge in [0.05, 0.1) is 24.4 Å². The van der Waals surface area contributed by atoms with Gasteiger partial charge in [-0.3, -0.25) is 4.68 Å². The molecule has 4 nitrogen and oxygen atoms in total. The molecule has 0 saturated carbocycles. The fourth-order valence-corrected chi connectivity index (χ4v) is 2.15. The van der Waals surface area contributed by atoms with Gasteiger partial charge in [0.15, 0.2) is 5.75 Å². The van der Waals surface area contributed by atoms with Gasteiger partial charge < -0.3 is 10.5 Å². The molecule has 1 aromatic heterocycles. The van der Waals surface area contributed by atoms with Crippen molar-refractivity contribution >= 4 is 11.6 Å². The van der Waals surface area contributed by atoms with Gasteiger partial charge >= 0.3 is 0 Å². The number of rotatable bonds is 4. The number of aromatic nitrogens is 2. The van der Waals surface area contributed by atoms with Crippen molar-refractivity contribution in [2.24, 2.45) is 5.73 Å². The van der Waals surface area contributed by atoms with Crippen LogP contribution in [0, 0.1) is 5.82 Å². The molecule has 0 aliphatic carbocycles. The smallest absolute Gasteiger partial charge is 0.161 e. The van der Waals surface area contributed by atoms with Gasteiger partial charge in [-0.05, 0) is 24.6 Å². The van der Waals surface area contributed by atoms with Crippen LogP contribution in [-0.4, -0.2) is 16.9 Å². The molecule has 1 aromatic carbocycles. The minimum absolute atomic E-state index is 0.0504. The van der Waals surface area contributed by atoms with Crippen LogP contribution in [0.25, 0.3) is 0 Å². The first-order valence-corrected chi connectivity index (χ1v) is 6.26. The summed E-state index contributed by atoms with van der Waals surface area (Å²) in [6, 6.07) is 3.96. The third-order valence-corrected chi connectivity index (χ3v) is 3.25. The minimum Gasteiger partial charge on any atom is -0.493 e. The van der Waals surface area contributed by atoms with Crippen molar-refractivity contribution in [3.8, 4) is 5.75 Å². The number of benzene rings is 1. The van der Waals surface area contributed by atoms with Gasteiger partial charge in [-0.1, -0.05) is 17.7 Å². The zero-order valence-electron chi connectivity index (χ0n) is 10.7. The fraction of sp³-hybridized carbons (Fsp3) is 0.308. The molecule has 0 amide bonds. The Bertz CT molecular complexity index is 564. The standard InChI is InChI=1S/C13H15ClFN3O/c1-3-18-13(11(19-2)7-17-18)12(16)8-4-5-10(15)9(14)6-8/h4-7,12H,3,16H2,1-2H3. The van der Waals surface area contributed by atoms with Gasteiger partial charge in [-0.2, -0.15) is 5.10 Å². The zero-order chi connectivity index (χ0) is 14.0. The maximum Gasteiger partial charge on any atom is 0.161 e. The highest BCUT2D eigenvalue weighted by Crippen LogP contribution is 2.30. The summed E-state index contributed by atoms with van der Waals surface area (Å²) in [5.74, 6) is 0.142. The van der Waals surface area contributed by atoms with E-state index >= 15 is 0 Å². The van der Waals surface area contributed by atoms with Crippen LogP contribution in [0.3, 0.4) is 0 Å². The Balaban J connectivity index is 2.45. The Morgan fingerprint density at radius 1 is 1.53 bits per heavy atom. The second-order valence-corrected chi connectivity index (χ2v) is 4.47. The Kier molecular flexibility index (Phi) is 4.07. The molecule has 1 atom stereocenters. The second-order valence-electron chi connectivity index (χ2n) is 4.07. The topological polar surface area (TPSA) is 53.1 Å². The van der Waals surface area contributed by atoms with E-state index in [4.69, 9.17) is 22.1 Å². The van der Waals surface area contributed by atoms with Crippen molar-refractivity contribution in [1.82, 2.24) is 9.78 Å². The van der Waals surface area contributed by atoms with Gasteiger partial charge in [0.25, 0.3) is 0 Å².